The van der Waals surface area contributed by atoms with Crippen LogP contribution >= 0.6 is 0 Å². The van der Waals surface area contributed by atoms with E-state index in [9.17, 15) is 18.0 Å². The van der Waals surface area contributed by atoms with Gasteiger partial charge in [-0.25, -0.2) is 4.98 Å². The molecule has 3 aromatic rings. The van der Waals surface area contributed by atoms with Crippen LogP contribution in [-0.4, -0.2) is 51.1 Å². The summed E-state index contributed by atoms with van der Waals surface area (Å²) in [5.41, 5.74) is 0.324. The fraction of sp³-hybridized carbons (Fsp3) is 0.333. The Balaban J connectivity index is 1.28. The molecule has 6 heterocycles. The monoisotopic (exact) mass is 405 g/mol. The number of piperidine rings is 1. The molecule has 6 rings (SSSR count). The van der Waals surface area contributed by atoms with Crippen LogP contribution in [0.5, 0.6) is 0 Å². The maximum Gasteiger partial charge on any atom is 0.471 e. The molecule has 3 aromatic heterocycles. The fourth-order valence-electron chi connectivity index (χ4n) is 3.82. The van der Waals surface area contributed by atoms with E-state index in [0.29, 0.717) is 30.2 Å². The van der Waals surface area contributed by atoms with Crippen molar-refractivity contribution in [2.75, 3.05) is 18.0 Å². The lowest BCUT2D eigenvalue weighted by Crippen LogP contribution is -2.70. The molecule has 3 saturated heterocycles. The molecule has 0 aromatic carbocycles. The Labute approximate surface area is 161 Å². The molecule has 8 nitrogen and oxygen atoms in total. The molecule has 0 radical (unpaired) electrons. The Bertz CT molecular complexity index is 1020. The minimum Gasteiger partial charge on any atom is -0.459 e. The number of hydrogen-bond donors (Lipinski definition) is 0. The van der Waals surface area contributed by atoms with E-state index in [1.165, 1.54) is 12.5 Å². The third-order valence-corrected chi connectivity index (χ3v) is 5.16. The van der Waals surface area contributed by atoms with Crippen molar-refractivity contribution in [3.05, 3.63) is 48.4 Å². The molecule has 1 amide bonds. The van der Waals surface area contributed by atoms with Gasteiger partial charge >= 0.3 is 12.1 Å². The molecule has 3 aliphatic rings. The first-order valence-corrected chi connectivity index (χ1v) is 8.88. The van der Waals surface area contributed by atoms with Gasteiger partial charge in [0.2, 0.25) is 5.82 Å². The highest BCUT2D eigenvalue weighted by Crippen LogP contribution is 2.36. The number of furan rings is 1. The molecule has 0 saturated carbocycles. The van der Waals surface area contributed by atoms with Crippen LogP contribution in [0.2, 0.25) is 0 Å². The van der Waals surface area contributed by atoms with Crippen molar-refractivity contribution < 1.29 is 26.9 Å². The van der Waals surface area contributed by atoms with Crippen LogP contribution in [0.1, 0.15) is 22.9 Å². The second-order valence-corrected chi connectivity index (χ2v) is 6.96. The van der Waals surface area contributed by atoms with Crippen molar-refractivity contribution >= 4 is 11.7 Å². The summed E-state index contributed by atoms with van der Waals surface area (Å²) in [7, 11) is 0. The van der Waals surface area contributed by atoms with Gasteiger partial charge in [-0.05, 0) is 30.7 Å². The maximum absolute atomic E-state index is 12.6. The lowest BCUT2D eigenvalue weighted by Gasteiger charge is -2.56. The van der Waals surface area contributed by atoms with Gasteiger partial charge < -0.3 is 18.7 Å². The van der Waals surface area contributed by atoms with Crippen molar-refractivity contribution in [2.24, 2.45) is 0 Å². The Morgan fingerprint density at radius 3 is 2.55 bits per heavy atom. The summed E-state index contributed by atoms with van der Waals surface area (Å²) >= 11 is 0. The number of rotatable bonds is 3. The number of halogens is 3. The van der Waals surface area contributed by atoms with Gasteiger partial charge in [-0.15, -0.1) is 0 Å². The van der Waals surface area contributed by atoms with E-state index in [4.69, 9.17) is 4.42 Å². The average molecular weight is 405 g/mol. The van der Waals surface area contributed by atoms with E-state index in [2.05, 4.69) is 19.6 Å². The molecule has 2 unspecified atom stereocenters. The molecular formula is C18H14F3N5O3. The smallest absolute Gasteiger partial charge is 0.459 e. The summed E-state index contributed by atoms with van der Waals surface area (Å²) in [6.45, 7) is 1.24. The number of nitrogens with zero attached hydrogens (tertiary/aromatic N) is 5. The van der Waals surface area contributed by atoms with Crippen LogP contribution in [0.25, 0.3) is 11.4 Å². The second-order valence-electron chi connectivity index (χ2n) is 6.96. The van der Waals surface area contributed by atoms with E-state index in [0.717, 1.165) is 6.42 Å². The number of piperazine rings is 1. The normalized spacial score (nSPS) is 21.2. The van der Waals surface area contributed by atoms with E-state index in [1.54, 1.807) is 24.3 Å². The average Bonchev–Trinajstić information content (AvgIpc) is 3.40. The van der Waals surface area contributed by atoms with Crippen LogP contribution < -0.4 is 4.90 Å². The first-order valence-electron chi connectivity index (χ1n) is 8.88. The van der Waals surface area contributed by atoms with Crippen LogP contribution in [0.15, 0.2) is 45.7 Å². The number of anilines is 1. The summed E-state index contributed by atoms with van der Waals surface area (Å²) in [6.07, 6.45) is -0.884. The number of pyridine rings is 1. The number of fused-ring (bicyclic) bond motifs is 2. The predicted molar refractivity (Wildman–Crippen MR) is 91.8 cm³/mol. The van der Waals surface area contributed by atoms with Crippen molar-refractivity contribution in [2.45, 2.75) is 24.7 Å². The number of amides is 1. The molecule has 0 spiro atoms. The van der Waals surface area contributed by atoms with Crippen LogP contribution in [0.4, 0.5) is 19.0 Å². The maximum atomic E-state index is 12.6. The number of alkyl halides is 3. The number of aromatic nitrogens is 3. The third-order valence-electron chi connectivity index (χ3n) is 5.16. The Hall–Kier alpha value is -3.37. The number of carbonyl (C=O) groups is 1. The highest BCUT2D eigenvalue weighted by Gasteiger charge is 2.48. The quantitative estimate of drug-likeness (QED) is 0.662. The number of carbonyl (C=O) groups excluding carboxylic acids is 1. The van der Waals surface area contributed by atoms with Gasteiger partial charge in [-0.2, -0.15) is 18.2 Å². The fourth-order valence-corrected chi connectivity index (χ4v) is 3.82. The van der Waals surface area contributed by atoms with Crippen molar-refractivity contribution in [1.29, 1.82) is 0 Å². The zero-order valence-corrected chi connectivity index (χ0v) is 14.8. The van der Waals surface area contributed by atoms with Gasteiger partial charge in [0.25, 0.3) is 5.91 Å². The minimum absolute atomic E-state index is 0.0689. The molecule has 3 aliphatic heterocycles. The summed E-state index contributed by atoms with van der Waals surface area (Å²) < 4.78 is 47.2. The van der Waals surface area contributed by atoms with Gasteiger partial charge in [-0.1, -0.05) is 5.16 Å². The molecule has 150 valence electrons. The van der Waals surface area contributed by atoms with Gasteiger partial charge in [0, 0.05) is 24.8 Å². The molecule has 0 N–H and O–H groups in total. The highest BCUT2D eigenvalue weighted by molar-refractivity contribution is 5.92. The van der Waals surface area contributed by atoms with Gasteiger partial charge in [-0.3, -0.25) is 4.79 Å². The molecule has 2 atom stereocenters. The first kappa shape index (κ1) is 17.7. The molecule has 11 heteroatoms. The second kappa shape index (κ2) is 6.33. The summed E-state index contributed by atoms with van der Waals surface area (Å²) in [6, 6.07) is 6.76. The standard InChI is InChI=1S/C18H14F3N5O3/c19-18(20,21)17-23-15(24-29-17)10-3-4-14(22-7-10)25-8-11-6-12(9-25)26(11)16(27)13-2-1-5-28-13/h1-5,7,11-12H,6,8-9H2. The summed E-state index contributed by atoms with van der Waals surface area (Å²) in [4.78, 5) is 24.1. The third kappa shape index (κ3) is 3.02. The highest BCUT2D eigenvalue weighted by atomic mass is 19.4. The summed E-state index contributed by atoms with van der Waals surface area (Å²) in [5.74, 6) is -0.680. The van der Waals surface area contributed by atoms with E-state index in [-0.39, 0.29) is 23.8 Å². The zero-order chi connectivity index (χ0) is 20.2. The van der Waals surface area contributed by atoms with Crippen LogP contribution in [0, 0.1) is 0 Å². The van der Waals surface area contributed by atoms with Crippen molar-refractivity contribution in [1.82, 2.24) is 20.0 Å². The van der Waals surface area contributed by atoms with Gasteiger partial charge in [0.15, 0.2) is 5.76 Å². The van der Waals surface area contributed by atoms with Crippen LogP contribution in [0.3, 0.4) is 0 Å². The lowest BCUT2D eigenvalue weighted by atomic mass is 9.87. The van der Waals surface area contributed by atoms with E-state index >= 15 is 0 Å². The molecule has 29 heavy (non-hydrogen) atoms. The Morgan fingerprint density at radius 1 is 1.17 bits per heavy atom. The molecule has 0 aliphatic carbocycles. The first-order chi connectivity index (χ1) is 13.9. The predicted octanol–water partition coefficient (Wildman–Crippen LogP) is 2.85. The van der Waals surface area contributed by atoms with E-state index in [1.807, 2.05) is 9.80 Å². The van der Waals surface area contributed by atoms with Crippen LogP contribution in [-0.2, 0) is 6.18 Å². The Kier molecular flexibility index (Phi) is 3.86. The summed E-state index contributed by atoms with van der Waals surface area (Å²) in [5, 5.41) is 3.36. The Morgan fingerprint density at radius 2 is 1.97 bits per heavy atom. The van der Waals surface area contributed by atoms with Crippen molar-refractivity contribution in [3.8, 4) is 11.4 Å². The lowest BCUT2D eigenvalue weighted by molar-refractivity contribution is -0.159. The zero-order valence-electron chi connectivity index (χ0n) is 14.8. The van der Waals surface area contributed by atoms with Gasteiger partial charge in [0.05, 0.1) is 18.3 Å². The van der Waals surface area contributed by atoms with Gasteiger partial charge in [0.1, 0.15) is 5.82 Å². The molecular weight excluding hydrogens is 391 g/mol. The SMILES string of the molecule is O=C(c1ccco1)N1C2CC1CN(c1ccc(-c3noc(C(F)(F)F)n3)cn1)C2. The molecule has 2 bridgehead atoms. The topological polar surface area (TPSA) is 88.5 Å². The molecule has 3 fully saturated rings. The van der Waals surface area contributed by atoms with Crippen molar-refractivity contribution in [3.63, 3.8) is 0 Å². The number of hydrogen-bond acceptors (Lipinski definition) is 7. The van der Waals surface area contributed by atoms with E-state index < -0.39 is 12.1 Å². The largest absolute Gasteiger partial charge is 0.471 e. The minimum atomic E-state index is -4.69.